The van der Waals surface area contributed by atoms with Crippen LogP contribution in [0.4, 0.5) is 0 Å². The van der Waals surface area contributed by atoms with Gasteiger partial charge in [0.15, 0.2) is 5.96 Å². The Morgan fingerprint density at radius 2 is 1.89 bits per heavy atom. The summed E-state index contributed by atoms with van der Waals surface area (Å²) in [5.41, 5.74) is 0. The molecule has 4 nitrogen and oxygen atoms in total. The maximum atomic E-state index is 4.25. The number of likely N-dealkylation sites (tertiary alicyclic amines) is 1. The Morgan fingerprint density at radius 1 is 1.22 bits per heavy atom. The van der Waals surface area contributed by atoms with Gasteiger partial charge in [0.2, 0.25) is 0 Å². The predicted molar refractivity (Wildman–Crippen MR) is 79.2 cm³/mol. The molecule has 18 heavy (non-hydrogen) atoms. The Morgan fingerprint density at radius 3 is 2.44 bits per heavy atom. The topological polar surface area (TPSA) is 39.7 Å². The molecule has 0 spiro atoms. The van der Waals surface area contributed by atoms with E-state index in [0.717, 1.165) is 25.5 Å². The van der Waals surface area contributed by atoms with Crippen LogP contribution in [-0.4, -0.2) is 50.1 Å². The second kappa shape index (κ2) is 9.20. The third-order valence-corrected chi connectivity index (χ3v) is 3.64. The van der Waals surface area contributed by atoms with E-state index in [1.807, 2.05) is 7.05 Å². The SMILES string of the molecule is CCC(C)NC(=NC)NCCN1CCCCCC1. The average Bonchev–Trinajstić information content (AvgIpc) is 2.66. The van der Waals surface area contributed by atoms with Crippen LogP contribution in [-0.2, 0) is 0 Å². The molecular weight excluding hydrogens is 224 g/mol. The fourth-order valence-corrected chi connectivity index (χ4v) is 2.22. The van der Waals surface area contributed by atoms with Gasteiger partial charge in [0.1, 0.15) is 0 Å². The van der Waals surface area contributed by atoms with Gasteiger partial charge >= 0.3 is 0 Å². The van der Waals surface area contributed by atoms with Gasteiger partial charge in [0, 0.05) is 26.2 Å². The standard InChI is InChI=1S/C14H30N4/c1-4-13(2)17-14(15-3)16-9-12-18-10-7-5-6-8-11-18/h13H,4-12H2,1-3H3,(H2,15,16,17). The smallest absolute Gasteiger partial charge is 0.191 e. The molecular formula is C14H30N4. The molecule has 0 aromatic heterocycles. The quantitative estimate of drug-likeness (QED) is 0.581. The lowest BCUT2D eigenvalue weighted by atomic mass is 10.2. The van der Waals surface area contributed by atoms with Gasteiger partial charge in [0.25, 0.3) is 0 Å². The first-order valence-corrected chi connectivity index (χ1v) is 7.45. The van der Waals surface area contributed by atoms with E-state index in [-0.39, 0.29) is 0 Å². The number of nitrogens with zero attached hydrogens (tertiary/aromatic N) is 2. The van der Waals surface area contributed by atoms with Crippen LogP contribution < -0.4 is 10.6 Å². The maximum Gasteiger partial charge on any atom is 0.191 e. The van der Waals surface area contributed by atoms with Crippen molar-refractivity contribution in [2.24, 2.45) is 4.99 Å². The summed E-state index contributed by atoms with van der Waals surface area (Å²) in [6.45, 7) is 9.00. The van der Waals surface area contributed by atoms with E-state index in [1.54, 1.807) is 0 Å². The van der Waals surface area contributed by atoms with Crippen LogP contribution in [0.1, 0.15) is 46.0 Å². The molecule has 1 aliphatic rings. The summed E-state index contributed by atoms with van der Waals surface area (Å²) in [6.07, 6.45) is 6.65. The van der Waals surface area contributed by atoms with Crippen molar-refractivity contribution in [2.45, 2.75) is 52.0 Å². The van der Waals surface area contributed by atoms with Gasteiger partial charge in [0.05, 0.1) is 0 Å². The molecule has 1 saturated heterocycles. The Labute approximate surface area is 112 Å². The number of aliphatic imine (C=N–C) groups is 1. The summed E-state index contributed by atoms with van der Waals surface area (Å²) in [6, 6.07) is 0.481. The first-order valence-electron chi connectivity index (χ1n) is 7.45. The Kier molecular flexibility index (Phi) is 7.81. The Hall–Kier alpha value is -0.770. The molecule has 0 saturated carbocycles. The van der Waals surface area contributed by atoms with E-state index in [0.29, 0.717) is 6.04 Å². The normalized spacial score (nSPS) is 20.3. The molecule has 1 heterocycles. The fraction of sp³-hybridized carbons (Fsp3) is 0.929. The lowest BCUT2D eigenvalue weighted by Gasteiger charge is -2.21. The minimum absolute atomic E-state index is 0.481. The van der Waals surface area contributed by atoms with Crippen molar-refractivity contribution < 1.29 is 0 Å². The maximum absolute atomic E-state index is 4.25. The lowest BCUT2D eigenvalue weighted by Crippen LogP contribution is -2.44. The van der Waals surface area contributed by atoms with Crippen LogP contribution in [0.3, 0.4) is 0 Å². The van der Waals surface area contributed by atoms with Gasteiger partial charge < -0.3 is 15.5 Å². The van der Waals surface area contributed by atoms with E-state index < -0.39 is 0 Å². The minimum atomic E-state index is 0.481. The third-order valence-electron chi connectivity index (χ3n) is 3.64. The molecule has 1 fully saturated rings. The van der Waals surface area contributed by atoms with Crippen molar-refractivity contribution in [1.29, 1.82) is 0 Å². The Bertz CT molecular complexity index is 232. The zero-order valence-electron chi connectivity index (χ0n) is 12.3. The van der Waals surface area contributed by atoms with Crippen molar-refractivity contribution >= 4 is 5.96 Å². The molecule has 106 valence electrons. The van der Waals surface area contributed by atoms with Crippen LogP contribution >= 0.6 is 0 Å². The van der Waals surface area contributed by atoms with Crippen LogP contribution in [0, 0.1) is 0 Å². The van der Waals surface area contributed by atoms with E-state index >= 15 is 0 Å². The van der Waals surface area contributed by atoms with Crippen LogP contribution in [0.15, 0.2) is 4.99 Å². The third kappa shape index (κ3) is 6.24. The van der Waals surface area contributed by atoms with Crippen LogP contribution in [0.2, 0.25) is 0 Å². The molecule has 1 rings (SSSR count). The van der Waals surface area contributed by atoms with E-state index in [4.69, 9.17) is 0 Å². The molecule has 1 atom stereocenters. The molecule has 0 aromatic rings. The highest BCUT2D eigenvalue weighted by molar-refractivity contribution is 5.79. The molecule has 2 N–H and O–H groups in total. The first kappa shape index (κ1) is 15.3. The van der Waals surface area contributed by atoms with Gasteiger partial charge in [-0.05, 0) is 39.3 Å². The van der Waals surface area contributed by atoms with E-state index in [9.17, 15) is 0 Å². The molecule has 1 aliphatic heterocycles. The molecule has 1 unspecified atom stereocenters. The largest absolute Gasteiger partial charge is 0.355 e. The second-order valence-electron chi connectivity index (χ2n) is 5.21. The summed E-state index contributed by atoms with van der Waals surface area (Å²) in [4.78, 5) is 6.82. The highest BCUT2D eigenvalue weighted by atomic mass is 15.2. The predicted octanol–water partition coefficient (Wildman–Crippen LogP) is 1.83. The van der Waals surface area contributed by atoms with Crippen molar-refractivity contribution in [3.05, 3.63) is 0 Å². The lowest BCUT2D eigenvalue weighted by molar-refractivity contribution is 0.289. The monoisotopic (exact) mass is 254 g/mol. The second-order valence-corrected chi connectivity index (χ2v) is 5.21. The number of guanidine groups is 1. The zero-order valence-corrected chi connectivity index (χ0v) is 12.3. The van der Waals surface area contributed by atoms with Crippen molar-refractivity contribution in [2.75, 3.05) is 33.2 Å². The van der Waals surface area contributed by atoms with Crippen LogP contribution in [0.5, 0.6) is 0 Å². The molecule has 0 aromatic carbocycles. The summed E-state index contributed by atoms with van der Waals surface area (Å²) in [5, 5.41) is 6.79. The average molecular weight is 254 g/mol. The molecule has 0 bridgehead atoms. The van der Waals surface area contributed by atoms with Gasteiger partial charge in [-0.2, -0.15) is 0 Å². The van der Waals surface area contributed by atoms with Gasteiger partial charge in [-0.15, -0.1) is 0 Å². The number of nitrogens with one attached hydrogen (secondary N) is 2. The zero-order chi connectivity index (χ0) is 13.2. The first-order chi connectivity index (χ1) is 8.76. The summed E-state index contributed by atoms with van der Waals surface area (Å²) < 4.78 is 0. The van der Waals surface area contributed by atoms with Crippen LogP contribution in [0.25, 0.3) is 0 Å². The highest BCUT2D eigenvalue weighted by Gasteiger charge is 2.08. The summed E-state index contributed by atoms with van der Waals surface area (Å²) in [5.74, 6) is 0.930. The van der Waals surface area contributed by atoms with Crippen molar-refractivity contribution in [3.63, 3.8) is 0 Å². The fourth-order valence-electron chi connectivity index (χ4n) is 2.22. The molecule has 4 heteroatoms. The summed E-state index contributed by atoms with van der Waals surface area (Å²) >= 11 is 0. The van der Waals surface area contributed by atoms with Gasteiger partial charge in [-0.1, -0.05) is 19.8 Å². The molecule has 0 amide bonds. The van der Waals surface area contributed by atoms with Gasteiger partial charge in [-0.3, -0.25) is 4.99 Å². The van der Waals surface area contributed by atoms with E-state index in [2.05, 4.69) is 34.4 Å². The number of hydrogen-bond donors (Lipinski definition) is 2. The molecule has 0 radical (unpaired) electrons. The number of rotatable bonds is 5. The summed E-state index contributed by atoms with van der Waals surface area (Å²) in [7, 11) is 1.84. The Balaban J connectivity index is 2.18. The van der Waals surface area contributed by atoms with Crippen molar-refractivity contribution in [3.8, 4) is 0 Å². The molecule has 0 aliphatic carbocycles. The van der Waals surface area contributed by atoms with Gasteiger partial charge in [-0.25, -0.2) is 0 Å². The van der Waals surface area contributed by atoms with Crippen molar-refractivity contribution in [1.82, 2.24) is 15.5 Å². The minimum Gasteiger partial charge on any atom is -0.355 e. The highest BCUT2D eigenvalue weighted by Crippen LogP contribution is 2.08. The number of hydrogen-bond acceptors (Lipinski definition) is 2. The van der Waals surface area contributed by atoms with E-state index in [1.165, 1.54) is 38.8 Å².